The highest BCUT2D eigenvalue weighted by atomic mass is 35.5. The maximum atomic E-state index is 13.7. The predicted molar refractivity (Wildman–Crippen MR) is 154 cm³/mol. The van der Waals surface area contributed by atoms with Crippen molar-refractivity contribution >= 4 is 28.8 Å². The second-order valence-corrected chi connectivity index (χ2v) is 10.1. The Kier molecular flexibility index (Phi) is 7.47. The van der Waals surface area contributed by atoms with Crippen molar-refractivity contribution in [3.8, 4) is 16.9 Å². The van der Waals surface area contributed by atoms with Crippen LogP contribution in [0.5, 0.6) is 5.75 Å². The summed E-state index contributed by atoms with van der Waals surface area (Å²) in [5.41, 5.74) is 11.8. The van der Waals surface area contributed by atoms with E-state index in [1.807, 2.05) is 77.5 Å². The molecule has 1 aliphatic rings. The van der Waals surface area contributed by atoms with Crippen LogP contribution in [-0.4, -0.2) is 15.3 Å². The maximum absolute atomic E-state index is 13.7. The minimum Gasteiger partial charge on any atom is -0.451 e. The lowest BCUT2D eigenvalue weighted by Crippen LogP contribution is -2.15. The van der Waals surface area contributed by atoms with Gasteiger partial charge in [0.25, 0.3) is 0 Å². The number of para-hydroxylation sites is 1. The van der Waals surface area contributed by atoms with Gasteiger partial charge in [0, 0.05) is 35.1 Å². The number of hydrogen-bond donors (Lipinski definition) is 1. The van der Waals surface area contributed by atoms with E-state index in [1.165, 1.54) is 5.56 Å². The number of carbonyl (C=O) groups is 1. The number of anilines is 1. The van der Waals surface area contributed by atoms with E-state index in [2.05, 4.69) is 31.0 Å². The molecule has 1 aliphatic carbocycles. The van der Waals surface area contributed by atoms with Crippen LogP contribution in [0.15, 0.2) is 109 Å². The number of ketones is 1. The highest BCUT2D eigenvalue weighted by Crippen LogP contribution is 2.38. The van der Waals surface area contributed by atoms with Gasteiger partial charge in [-0.25, -0.2) is 4.98 Å². The van der Waals surface area contributed by atoms with Crippen LogP contribution in [0.25, 0.3) is 16.8 Å². The molecule has 0 bridgehead atoms. The third-order valence-electron chi connectivity index (χ3n) is 7.28. The van der Waals surface area contributed by atoms with Crippen molar-refractivity contribution in [2.75, 3.05) is 5.73 Å². The van der Waals surface area contributed by atoms with Gasteiger partial charge in [0.15, 0.2) is 11.5 Å². The highest BCUT2D eigenvalue weighted by Gasteiger charge is 2.28. The summed E-state index contributed by atoms with van der Waals surface area (Å²) in [5, 5.41) is 0.702. The average molecular weight is 524 g/mol. The molecule has 1 aromatic heterocycles. The summed E-state index contributed by atoms with van der Waals surface area (Å²) in [4.78, 5) is 17.9. The van der Waals surface area contributed by atoms with Gasteiger partial charge in [0.05, 0.1) is 12.0 Å². The van der Waals surface area contributed by atoms with Gasteiger partial charge in [-0.2, -0.15) is 0 Å². The van der Waals surface area contributed by atoms with Crippen LogP contribution in [0.1, 0.15) is 38.2 Å². The summed E-state index contributed by atoms with van der Waals surface area (Å²) in [6.45, 7) is 4.32. The van der Waals surface area contributed by atoms with Crippen molar-refractivity contribution in [2.24, 2.45) is 5.92 Å². The Hall–Kier alpha value is -4.09. The van der Waals surface area contributed by atoms with Gasteiger partial charge in [0.1, 0.15) is 5.75 Å². The van der Waals surface area contributed by atoms with Crippen molar-refractivity contribution in [2.45, 2.75) is 32.6 Å². The Labute approximate surface area is 228 Å². The van der Waals surface area contributed by atoms with Crippen molar-refractivity contribution < 1.29 is 9.53 Å². The largest absolute Gasteiger partial charge is 0.451 e. The number of halogens is 1. The number of carbonyl (C=O) groups excluding carboxylic acids is 1. The summed E-state index contributed by atoms with van der Waals surface area (Å²) >= 11 is 6.14. The van der Waals surface area contributed by atoms with Crippen molar-refractivity contribution in [3.05, 3.63) is 120 Å². The molecule has 4 aromatic rings. The number of allylic oxidation sites excluding steroid dienone is 4. The minimum absolute atomic E-state index is 0.0535. The second kappa shape index (κ2) is 11.1. The Balaban J connectivity index is 1.51. The van der Waals surface area contributed by atoms with E-state index in [0.717, 1.165) is 16.7 Å². The molecule has 6 heteroatoms. The minimum atomic E-state index is -0.0535. The van der Waals surface area contributed by atoms with Crippen LogP contribution in [-0.2, 0) is 4.79 Å². The number of rotatable bonds is 5. The fraction of sp³-hybridized carbons (Fsp3) is 0.188. The Morgan fingerprint density at radius 3 is 2.45 bits per heavy atom. The zero-order valence-corrected chi connectivity index (χ0v) is 22.2. The number of imidazole rings is 1. The van der Waals surface area contributed by atoms with E-state index in [1.54, 1.807) is 12.5 Å². The Bertz CT molecular complexity index is 1490. The molecule has 0 spiro atoms. The number of nitrogens with two attached hydrogens (primary N) is 1. The smallest absolute Gasteiger partial charge is 0.200 e. The zero-order chi connectivity index (χ0) is 26.6. The third-order valence-corrected chi connectivity index (χ3v) is 7.53. The van der Waals surface area contributed by atoms with E-state index in [-0.39, 0.29) is 17.6 Å². The molecule has 1 heterocycles. The molecule has 0 aliphatic heterocycles. The summed E-state index contributed by atoms with van der Waals surface area (Å²) < 4.78 is 8.18. The normalized spacial score (nSPS) is 20.3. The van der Waals surface area contributed by atoms with Crippen LogP contribution in [0.4, 0.5) is 5.69 Å². The van der Waals surface area contributed by atoms with Gasteiger partial charge in [-0.15, -0.1) is 0 Å². The van der Waals surface area contributed by atoms with Crippen molar-refractivity contribution in [1.82, 2.24) is 9.55 Å². The van der Waals surface area contributed by atoms with E-state index in [4.69, 9.17) is 22.1 Å². The number of nitrogen functional groups attached to an aromatic ring is 1. The third kappa shape index (κ3) is 5.43. The lowest BCUT2D eigenvalue weighted by Gasteiger charge is -2.25. The quantitative estimate of drug-likeness (QED) is 0.271. The van der Waals surface area contributed by atoms with Crippen LogP contribution in [0, 0.1) is 5.92 Å². The molecule has 2 unspecified atom stereocenters. The fourth-order valence-corrected chi connectivity index (χ4v) is 5.10. The molecule has 0 fully saturated rings. The monoisotopic (exact) mass is 523 g/mol. The first-order valence-electron chi connectivity index (χ1n) is 12.7. The van der Waals surface area contributed by atoms with E-state index in [9.17, 15) is 4.79 Å². The molecule has 5 rings (SSSR count). The first-order valence-corrected chi connectivity index (χ1v) is 13.1. The second-order valence-electron chi connectivity index (χ2n) is 9.69. The summed E-state index contributed by atoms with van der Waals surface area (Å²) in [6, 6.07) is 23.3. The number of hydrogen-bond acceptors (Lipinski definition) is 4. The predicted octanol–water partition coefficient (Wildman–Crippen LogP) is 7.76. The lowest BCUT2D eigenvalue weighted by molar-refractivity contribution is -0.117. The van der Waals surface area contributed by atoms with Crippen molar-refractivity contribution in [1.29, 1.82) is 0 Å². The van der Waals surface area contributed by atoms with Gasteiger partial charge in [0.2, 0.25) is 0 Å². The first kappa shape index (κ1) is 25.6. The SMILES string of the molecule is CC1=C/C(n2ccnc2)=C(/Oc2ccc(-c3ccccc3N)cc2)C(=O)CCC(c2ccc(Cl)cc2)C1C. The van der Waals surface area contributed by atoms with Crippen molar-refractivity contribution in [3.63, 3.8) is 0 Å². The van der Waals surface area contributed by atoms with Gasteiger partial charge >= 0.3 is 0 Å². The molecule has 3 aromatic carbocycles. The molecule has 0 saturated carbocycles. The first-order chi connectivity index (χ1) is 18.4. The molecular formula is C32H30ClN3O2. The molecule has 0 radical (unpaired) electrons. The van der Waals surface area contributed by atoms with Gasteiger partial charge < -0.3 is 15.0 Å². The highest BCUT2D eigenvalue weighted by molar-refractivity contribution is 6.30. The fourth-order valence-electron chi connectivity index (χ4n) is 4.97. The van der Waals surface area contributed by atoms with Gasteiger partial charge in [-0.05, 0) is 72.7 Å². The molecule has 192 valence electrons. The molecule has 2 atom stereocenters. The van der Waals surface area contributed by atoms with Crippen LogP contribution < -0.4 is 10.5 Å². The summed E-state index contributed by atoms with van der Waals surface area (Å²) in [7, 11) is 0. The standard InChI is InChI=1S/C32H30ClN3O2/c1-21-19-30(36-18-17-35-20-36)32(31(37)16-15-27(22(21)2)23-7-11-25(33)12-8-23)38-26-13-9-24(10-14-26)28-5-3-4-6-29(28)34/h3-14,17-20,22,27H,15-16,34H2,1-2H3/b21-19?,32-30-. The van der Waals surface area contributed by atoms with Gasteiger partial charge in [-0.1, -0.05) is 66.6 Å². The number of ether oxygens (including phenoxy) is 1. The number of Topliss-reactive ketones (excluding diaryl/α,β-unsaturated/α-hetero) is 1. The Morgan fingerprint density at radius 1 is 1.03 bits per heavy atom. The maximum Gasteiger partial charge on any atom is 0.200 e. The van der Waals surface area contributed by atoms with E-state index >= 15 is 0 Å². The lowest BCUT2D eigenvalue weighted by atomic mass is 9.80. The summed E-state index contributed by atoms with van der Waals surface area (Å²) in [5.74, 6) is 1.21. The molecule has 5 nitrogen and oxygen atoms in total. The number of nitrogens with zero attached hydrogens (tertiary/aromatic N) is 2. The molecule has 2 N–H and O–H groups in total. The number of aromatic nitrogens is 2. The molecule has 38 heavy (non-hydrogen) atoms. The van der Waals surface area contributed by atoms with E-state index < -0.39 is 0 Å². The van der Waals surface area contributed by atoms with Gasteiger partial charge in [-0.3, -0.25) is 4.79 Å². The van der Waals surface area contributed by atoms with Crippen LogP contribution >= 0.6 is 11.6 Å². The summed E-state index contributed by atoms with van der Waals surface area (Å²) in [6.07, 6.45) is 8.32. The zero-order valence-electron chi connectivity index (χ0n) is 21.5. The van der Waals surface area contributed by atoms with Crippen LogP contribution in [0.2, 0.25) is 5.02 Å². The molecule has 0 amide bonds. The number of benzene rings is 3. The Morgan fingerprint density at radius 2 is 1.76 bits per heavy atom. The molecule has 0 saturated heterocycles. The molecular weight excluding hydrogens is 494 g/mol. The van der Waals surface area contributed by atoms with E-state index in [0.29, 0.717) is 40.8 Å². The van der Waals surface area contributed by atoms with Crippen LogP contribution in [0.3, 0.4) is 0 Å². The topological polar surface area (TPSA) is 70.1 Å². The average Bonchev–Trinajstić information content (AvgIpc) is 3.47.